The fraction of sp³-hybridized carbons (Fsp3) is 0.357. The first-order valence-electron chi connectivity index (χ1n) is 23.0. The summed E-state index contributed by atoms with van der Waals surface area (Å²) < 4.78 is 12.1. The number of rotatable bonds is 21. The molecule has 0 atom stereocenters. The van der Waals surface area contributed by atoms with E-state index in [1.165, 1.54) is 36.8 Å². The quantitative estimate of drug-likeness (QED) is 0.0703. The zero-order valence-electron chi connectivity index (χ0n) is 39.9. The molecule has 0 fully saturated rings. The number of hydrogen-bond acceptors (Lipinski definition) is 6. The van der Waals surface area contributed by atoms with E-state index in [1.807, 2.05) is 27.7 Å². The molecule has 2 N–H and O–H groups in total. The number of aliphatic hydroxyl groups is 2. The van der Waals surface area contributed by atoms with Gasteiger partial charge in [-0.3, -0.25) is 0 Å². The summed E-state index contributed by atoms with van der Waals surface area (Å²) in [6.45, 7) is 19.1. The highest BCUT2D eigenvalue weighted by Crippen LogP contribution is 2.38. The molecular weight excluding hydrogens is 786 g/mol. The second-order valence-corrected chi connectivity index (χ2v) is 19.1. The molecule has 0 amide bonds. The lowest BCUT2D eigenvalue weighted by Crippen LogP contribution is -2.49. The lowest BCUT2D eigenvalue weighted by molar-refractivity contribution is -0.0893. The Balaban J connectivity index is 1.26. The Morgan fingerprint density at radius 3 is 0.891 bits per heavy atom. The average Bonchev–Trinajstić information content (AvgIpc) is 3.28. The minimum Gasteiger partial charge on any atom is -0.427 e. The molecule has 0 aromatic heterocycles. The van der Waals surface area contributed by atoms with Crippen molar-refractivity contribution in [3.8, 4) is 11.1 Å². The van der Waals surface area contributed by atoms with Gasteiger partial charge < -0.3 is 29.3 Å². The Hall–Kier alpha value is -5.11. The summed E-state index contributed by atoms with van der Waals surface area (Å²) in [4.78, 5) is 4.58. The Bertz CT molecular complexity index is 2180. The van der Waals surface area contributed by atoms with Crippen LogP contribution in [0.2, 0.25) is 0 Å². The van der Waals surface area contributed by atoms with Gasteiger partial charge >= 0.3 is 15.0 Å². The molecule has 6 aromatic rings. The van der Waals surface area contributed by atoms with E-state index in [-0.39, 0.29) is 0 Å². The van der Waals surface area contributed by atoms with Gasteiger partial charge in [0, 0.05) is 34.1 Å². The second-order valence-electron chi connectivity index (χ2n) is 19.1. The van der Waals surface area contributed by atoms with Crippen LogP contribution in [0.25, 0.3) is 11.1 Å². The molecule has 6 aromatic carbocycles. The van der Waals surface area contributed by atoms with E-state index in [0.29, 0.717) is 0 Å². The predicted molar refractivity (Wildman–Crippen MR) is 272 cm³/mol. The fourth-order valence-corrected chi connectivity index (χ4v) is 7.01. The summed E-state index contributed by atoms with van der Waals surface area (Å²) in [6.07, 6.45) is 6.83. The predicted octanol–water partition coefficient (Wildman–Crippen LogP) is 12.6. The first-order chi connectivity index (χ1) is 30.4. The molecule has 6 rings (SSSR count). The number of hydrogen-bond donors (Lipinski definition) is 2. The highest BCUT2D eigenvalue weighted by Gasteiger charge is 2.36. The summed E-state index contributed by atoms with van der Waals surface area (Å²) in [6, 6.07) is 52.1. The van der Waals surface area contributed by atoms with Crippen molar-refractivity contribution >= 4 is 60.0 Å². The van der Waals surface area contributed by atoms with Crippen LogP contribution >= 0.6 is 0 Å². The van der Waals surface area contributed by atoms with Crippen molar-refractivity contribution in [2.24, 2.45) is 0 Å². The van der Waals surface area contributed by atoms with E-state index in [9.17, 15) is 10.2 Å². The van der Waals surface area contributed by atoms with Crippen molar-refractivity contribution in [2.75, 3.05) is 9.80 Å². The van der Waals surface area contributed by atoms with Gasteiger partial charge in [0.25, 0.3) is 0 Å². The summed E-state index contributed by atoms with van der Waals surface area (Å²) in [5.41, 5.74) is 9.63. The Labute approximate surface area is 385 Å². The van der Waals surface area contributed by atoms with Crippen molar-refractivity contribution in [2.45, 2.75) is 130 Å². The van der Waals surface area contributed by atoms with E-state index < -0.39 is 22.4 Å². The zero-order valence-corrected chi connectivity index (χ0v) is 39.9. The van der Waals surface area contributed by atoms with Gasteiger partial charge in [-0.05, 0) is 176 Å². The van der Waals surface area contributed by atoms with Gasteiger partial charge in [0.05, 0.1) is 22.4 Å². The third-order valence-electron chi connectivity index (χ3n) is 12.8. The topological polar surface area (TPSA) is 65.4 Å². The zero-order chi connectivity index (χ0) is 46.1. The van der Waals surface area contributed by atoms with Crippen LogP contribution in [0, 0.1) is 0 Å². The van der Waals surface area contributed by atoms with Gasteiger partial charge in [-0.2, -0.15) is 0 Å². The largest absolute Gasteiger partial charge is 0.427 e. The number of anilines is 6. The SMILES string of the molecule is CCCCc1ccc(N(c2ccc([B]OC(C)(C)C(C)(C)O)cc2)c2ccc(-c3ccc(N(c4ccc([B]OC(C)(C)C(C)(C)O)cc4)c4ccc(CCCC)cc4)cc3)cc2)cc1. The minimum atomic E-state index is -1.00. The molecule has 0 heterocycles. The maximum Gasteiger partial charge on any atom is 0.330 e. The van der Waals surface area contributed by atoms with Gasteiger partial charge in [-0.25, -0.2) is 0 Å². The normalized spacial score (nSPS) is 12.2. The monoisotopic (exact) mass is 855 g/mol. The summed E-state index contributed by atoms with van der Waals surface area (Å²) in [7, 11) is 3.46. The molecule has 0 aliphatic heterocycles. The Morgan fingerprint density at radius 1 is 0.391 bits per heavy atom. The first-order valence-corrected chi connectivity index (χ1v) is 23.0. The van der Waals surface area contributed by atoms with Crippen LogP contribution in [-0.2, 0) is 22.2 Å². The standard InChI is InChI=1S/C56H68B2N2O4/c1-11-13-15-41-17-29-47(30-18-41)59(51-37-25-45(26-38-51)57-63-55(7,8)53(3,4)61)49-33-21-43(22-34-49)44-23-35-50(36-24-44)60(48-31-19-42(20-32-48)16-14-12-2)52-39-27-46(28-40-52)58-64-56(9,10)54(5,6)62/h17-40,61-62H,11-16H2,1-10H3. The molecular formula is C56H68B2N2O4. The highest BCUT2D eigenvalue weighted by molar-refractivity contribution is 6.47. The number of aryl methyl sites for hydroxylation is 2. The fourth-order valence-electron chi connectivity index (χ4n) is 7.01. The first kappa shape index (κ1) is 48.3. The second kappa shape index (κ2) is 20.8. The van der Waals surface area contributed by atoms with Gasteiger partial charge in [0.15, 0.2) is 0 Å². The van der Waals surface area contributed by atoms with E-state index in [0.717, 1.165) is 69.0 Å². The minimum absolute atomic E-state index is 0.752. The Morgan fingerprint density at radius 2 is 0.641 bits per heavy atom. The highest BCUT2D eigenvalue weighted by atomic mass is 16.5. The molecule has 0 saturated carbocycles. The summed E-state index contributed by atoms with van der Waals surface area (Å²) >= 11 is 0. The van der Waals surface area contributed by atoms with Crippen molar-refractivity contribution in [1.29, 1.82) is 0 Å². The van der Waals surface area contributed by atoms with E-state index in [2.05, 4.69) is 169 Å². The van der Waals surface area contributed by atoms with Gasteiger partial charge in [-0.15, -0.1) is 0 Å². The third kappa shape index (κ3) is 12.2. The van der Waals surface area contributed by atoms with Crippen LogP contribution in [0.15, 0.2) is 146 Å². The summed E-state index contributed by atoms with van der Waals surface area (Å²) in [5.74, 6) is 0. The lowest BCUT2D eigenvalue weighted by atomic mass is 9.82. The van der Waals surface area contributed by atoms with Gasteiger partial charge in [-0.1, -0.05) is 110 Å². The van der Waals surface area contributed by atoms with Crippen LogP contribution in [0.5, 0.6) is 0 Å². The van der Waals surface area contributed by atoms with Gasteiger partial charge in [0.1, 0.15) is 0 Å². The Kier molecular flexibility index (Phi) is 15.7. The van der Waals surface area contributed by atoms with Gasteiger partial charge in [0.2, 0.25) is 0 Å². The molecule has 0 bridgehead atoms. The lowest BCUT2D eigenvalue weighted by Gasteiger charge is -2.37. The van der Waals surface area contributed by atoms with Crippen LogP contribution < -0.4 is 20.7 Å². The summed E-state index contributed by atoms with van der Waals surface area (Å²) in [5, 5.41) is 21.2. The number of benzene rings is 6. The van der Waals surface area contributed by atoms with E-state index in [1.54, 1.807) is 42.7 Å². The molecule has 0 saturated heterocycles. The van der Waals surface area contributed by atoms with Crippen molar-refractivity contribution in [3.63, 3.8) is 0 Å². The molecule has 0 spiro atoms. The maximum atomic E-state index is 10.6. The van der Waals surface area contributed by atoms with Crippen LogP contribution in [0.4, 0.5) is 34.1 Å². The van der Waals surface area contributed by atoms with Crippen molar-refractivity contribution in [1.82, 2.24) is 0 Å². The molecule has 6 nitrogen and oxygen atoms in total. The third-order valence-corrected chi connectivity index (χ3v) is 12.8. The number of unbranched alkanes of at least 4 members (excludes halogenated alkanes) is 2. The van der Waals surface area contributed by atoms with Crippen LogP contribution in [-0.4, -0.2) is 47.6 Å². The molecule has 2 radical (unpaired) electrons. The average molecular weight is 855 g/mol. The van der Waals surface area contributed by atoms with Crippen LogP contribution in [0.3, 0.4) is 0 Å². The van der Waals surface area contributed by atoms with Crippen molar-refractivity contribution < 1.29 is 19.5 Å². The molecule has 0 aliphatic rings. The molecule has 64 heavy (non-hydrogen) atoms. The molecule has 0 unspecified atom stereocenters. The van der Waals surface area contributed by atoms with E-state index in [4.69, 9.17) is 9.31 Å². The number of nitrogens with zero attached hydrogens (tertiary/aromatic N) is 2. The smallest absolute Gasteiger partial charge is 0.330 e. The van der Waals surface area contributed by atoms with E-state index >= 15 is 0 Å². The van der Waals surface area contributed by atoms with Crippen LogP contribution in [0.1, 0.15) is 106 Å². The maximum absolute atomic E-state index is 10.6. The van der Waals surface area contributed by atoms with Crippen molar-refractivity contribution in [3.05, 3.63) is 157 Å². The molecule has 332 valence electrons. The molecule has 8 heteroatoms. The molecule has 0 aliphatic carbocycles.